The van der Waals surface area contributed by atoms with Gasteiger partial charge >= 0.3 is 5.97 Å². The van der Waals surface area contributed by atoms with Crippen LogP contribution in [0.2, 0.25) is 0 Å². The molecule has 7 nitrogen and oxygen atoms in total. The summed E-state index contributed by atoms with van der Waals surface area (Å²) in [5.74, 6) is -1.36. The van der Waals surface area contributed by atoms with Crippen LogP contribution in [0.4, 0.5) is 14.5 Å². The number of halogens is 2. The minimum absolute atomic E-state index is 0.0745. The monoisotopic (exact) mass is 652 g/mol. The molecule has 1 N–H and O–H groups in total. The highest BCUT2D eigenvalue weighted by Gasteiger charge is 2.38. The van der Waals surface area contributed by atoms with Gasteiger partial charge in [-0.05, 0) is 102 Å². The maximum absolute atomic E-state index is 15.8. The zero-order valence-electron chi connectivity index (χ0n) is 29.2. The standard InChI is InChI=1S/C38H50F2N2O5/c1-23(2)46-36(44)35(47-37(5,6)7)31-24(3)41-33(25(4)43)32(34(31)42-19-17-38(8,9)18-20-42)27-12-15-30(29(40)22-27)45-21-16-26-10-13-28(39)14-11-26/h10-15,22-23,25,35,43H,16-21H2,1-9H3/t25?,35-/m0/s1. The third-order valence-electron chi connectivity index (χ3n) is 8.34. The van der Waals surface area contributed by atoms with Gasteiger partial charge in [0, 0.05) is 36.3 Å². The number of aryl methyl sites for hydroxylation is 1. The second-order valence-electron chi connectivity index (χ2n) is 14.5. The Kier molecular flexibility index (Phi) is 11.3. The van der Waals surface area contributed by atoms with Crippen molar-refractivity contribution in [1.82, 2.24) is 4.98 Å². The van der Waals surface area contributed by atoms with Crippen LogP contribution in [0.25, 0.3) is 11.1 Å². The highest BCUT2D eigenvalue weighted by Crippen LogP contribution is 2.47. The van der Waals surface area contributed by atoms with E-state index < -0.39 is 29.6 Å². The predicted molar refractivity (Wildman–Crippen MR) is 181 cm³/mol. The van der Waals surface area contributed by atoms with Crippen LogP contribution in [0.3, 0.4) is 0 Å². The largest absolute Gasteiger partial charge is 0.490 e. The molecule has 0 radical (unpaired) electrons. The van der Waals surface area contributed by atoms with Crippen LogP contribution in [0.15, 0.2) is 42.5 Å². The summed E-state index contributed by atoms with van der Waals surface area (Å²) in [6, 6.07) is 10.8. The number of aliphatic hydroxyl groups is 1. The van der Waals surface area contributed by atoms with Gasteiger partial charge < -0.3 is 24.2 Å². The Labute approximate surface area is 278 Å². The molecule has 4 rings (SSSR count). The number of anilines is 1. The number of hydrogen-bond acceptors (Lipinski definition) is 7. The molecular weight excluding hydrogens is 602 g/mol. The van der Waals surface area contributed by atoms with Gasteiger partial charge in [-0.1, -0.05) is 32.0 Å². The van der Waals surface area contributed by atoms with Crippen LogP contribution >= 0.6 is 0 Å². The SMILES string of the molecule is Cc1nc(C(C)O)c(-c2ccc(OCCc3ccc(F)cc3)c(F)c2)c(N2CCC(C)(C)CC2)c1[C@H](OC(C)(C)C)C(=O)OC(C)C. The van der Waals surface area contributed by atoms with E-state index in [1.165, 1.54) is 18.2 Å². The summed E-state index contributed by atoms with van der Waals surface area (Å²) in [6.07, 6.45) is -0.202. The number of carbonyl (C=O) groups excluding carboxylic acids is 1. The topological polar surface area (TPSA) is 81.1 Å². The van der Waals surface area contributed by atoms with Crippen molar-refractivity contribution in [2.45, 2.75) is 105 Å². The van der Waals surface area contributed by atoms with E-state index in [0.29, 0.717) is 53.3 Å². The number of aromatic nitrogens is 1. The zero-order chi connectivity index (χ0) is 34.7. The van der Waals surface area contributed by atoms with Crippen molar-refractivity contribution in [3.8, 4) is 16.9 Å². The van der Waals surface area contributed by atoms with Gasteiger partial charge in [0.05, 0.1) is 35.8 Å². The molecule has 2 aromatic carbocycles. The van der Waals surface area contributed by atoms with Crippen LogP contribution in [-0.2, 0) is 20.7 Å². The van der Waals surface area contributed by atoms with Crippen LogP contribution in [0.1, 0.15) is 103 Å². The first-order valence-electron chi connectivity index (χ1n) is 16.5. The first-order chi connectivity index (χ1) is 22.0. The van der Waals surface area contributed by atoms with E-state index >= 15 is 4.39 Å². The molecule has 3 aromatic rings. The maximum Gasteiger partial charge on any atom is 0.340 e. The van der Waals surface area contributed by atoms with Crippen LogP contribution < -0.4 is 9.64 Å². The van der Waals surface area contributed by atoms with Gasteiger partial charge in [0.2, 0.25) is 0 Å². The smallest absolute Gasteiger partial charge is 0.340 e. The van der Waals surface area contributed by atoms with Crippen molar-refractivity contribution in [1.29, 1.82) is 0 Å². The molecule has 2 heterocycles. The van der Waals surface area contributed by atoms with Gasteiger partial charge in [0.25, 0.3) is 0 Å². The first kappa shape index (κ1) is 36.3. The number of hydrogen-bond donors (Lipinski definition) is 1. The van der Waals surface area contributed by atoms with Gasteiger partial charge in [0.1, 0.15) is 5.82 Å². The molecule has 1 fully saturated rings. The third-order valence-corrected chi connectivity index (χ3v) is 8.34. The number of piperidine rings is 1. The number of esters is 1. The lowest BCUT2D eigenvalue weighted by atomic mass is 9.81. The van der Waals surface area contributed by atoms with E-state index in [1.807, 2.05) is 27.7 Å². The summed E-state index contributed by atoms with van der Waals surface area (Å²) in [5.41, 5.74) is 3.46. The Morgan fingerprint density at radius 1 is 1.04 bits per heavy atom. The molecule has 256 valence electrons. The molecule has 0 saturated carbocycles. The third kappa shape index (κ3) is 9.29. The molecular formula is C38H50F2N2O5. The molecule has 1 aliphatic heterocycles. The molecule has 1 unspecified atom stereocenters. The Balaban J connectivity index is 1.86. The number of rotatable bonds is 11. The van der Waals surface area contributed by atoms with E-state index in [0.717, 1.165) is 18.4 Å². The fourth-order valence-electron chi connectivity index (χ4n) is 5.86. The van der Waals surface area contributed by atoms with E-state index in [9.17, 15) is 14.3 Å². The lowest BCUT2D eigenvalue weighted by molar-refractivity contribution is -0.171. The second kappa shape index (κ2) is 14.7. The Morgan fingerprint density at radius 2 is 1.68 bits per heavy atom. The number of nitrogens with zero attached hydrogens (tertiary/aromatic N) is 2. The van der Waals surface area contributed by atoms with E-state index in [2.05, 4.69) is 18.7 Å². The Bertz CT molecular complexity index is 1540. The summed E-state index contributed by atoms with van der Waals surface area (Å²) in [5, 5.41) is 11.1. The van der Waals surface area contributed by atoms with Crippen molar-refractivity contribution in [3.63, 3.8) is 0 Å². The molecule has 0 aliphatic carbocycles. The van der Waals surface area contributed by atoms with Crippen LogP contribution in [-0.4, -0.2) is 47.5 Å². The minimum atomic E-state index is -1.12. The van der Waals surface area contributed by atoms with Crippen molar-refractivity contribution < 1.29 is 32.9 Å². The average Bonchev–Trinajstić information content (AvgIpc) is 2.96. The number of benzene rings is 2. The Hall–Kier alpha value is -3.56. The number of pyridine rings is 1. The van der Waals surface area contributed by atoms with Gasteiger partial charge in [-0.3, -0.25) is 4.98 Å². The van der Waals surface area contributed by atoms with E-state index in [-0.39, 0.29) is 29.7 Å². The average molecular weight is 653 g/mol. The maximum atomic E-state index is 15.8. The van der Waals surface area contributed by atoms with Gasteiger partial charge in [-0.25, -0.2) is 13.6 Å². The fourth-order valence-corrected chi connectivity index (χ4v) is 5.86. The summed E-state index contributed by atoms with van der Waals surface area (Å²) < 4.78 is 47.0. The molecule has 9 heteroatoms. The fraction of sp³-hybridized carbons (Fsp3) is 0.526. The highest BCUT2D eigenvalue weighted by atomic mass is 19.1. The molecule has 1 aromatic heterocycles. The zero-order valence-corrected chi connectivity index (χ0v) is 29.2. The van der Waals surface area contributed by atoms with E-state index in [1.54, 1.807) is 45.0 Å². The molecule has 2 atom stereocenters. The van der Waals surface area contributed by atoms with Gasteiger partial charge in [-0.2, -0.15) is 0 Å². The molecule has 47 heavy (non-hydrogen) atoms. The van der Waals surface area contributed by atoms with Crippen molar-refractivity contribution in [3.05, 3.63) is 76.6 Å². The van der Waals surface area contributed by atoms with Gasteiger partial charge in [-0.15, -0.1) is 0 Å². The summed E-state index contributed by atoms with van der Waals surface area (Å²) >= 11 is 0. The summed E-state index contributed by atoms with van der Waals surface area (Å²) in [4.78, 5) is 20.8. The quantitative estimate of drug-likeness (QED) is 0.208. The van der Waals surface area contributed by atoms with Crippen molar-refractivity contribution >= 4 is 11.7 Å². The van der Waals surface area contributed by atoms with E-state index in [4.69, 9.17) is 19.2 Å². The summed E-state index contributed by atoms with van der Waals surface area (Å²) in [6.45, 7) is 18.7. The highest BCUT2D eigenvalue weighted by molar-refractivity contribution is 5.89. The molecule has 1 aliphatic rings. The number of aliphatic hydroxyl groups excluding tert-OH is 1. The van der Waals surface area contributed by atoms with Gasteiger partial charge in [0.15, 0.2) is 17.7 Å². The van der Waals surface area contributed by atoms with Crippen molar-refractivity contribution in [2.24, 2.45) is 5.41 Å². The molecule has 0 bridgehead atoms. The lowest BCUT2D eigenvalue weighted by Crippen LogP contribution is -2.40. The number of carbonyl (C=O) groups is 1. The Morgan fingerprint density at radius 3 is 2.23 bits per heavy atom. The normalized spacial score (nSPS) is 16.2. The second-order valence-corrected chi connectivity index (χ2v) is 14.5. The molecule has 1 saturated heterocycles. The molecule has 0 spiro atoms. The van der Waals surface area contributed by atoms with Crippen LogP contribution in [0.5, 0.6) is 5.75 Å². The predicted octanol–water partition coefficient (Wildman–Crippen LogP) is 8.44. The first-order valence-corrected chi connectivity index (χ1v) is 16.5. The lowest BCUT2D eigenvalue weighted by Gasteiger charge is -2.41. The van der Waals surface area contributed by atoms with Crippen molar-refractivity contribution in [2.75, 3.05) is 24.6 Å². The summed E-state index contributed by atoms with van der Waals surface area (Å²) in [7, 11) is 0. The molecule has 0 amide bonds. The minimum Gasteiger partial charge on any atom is -0.490 e. The van der Waals surface area contributed by atoms with Crippen LogP contribution in [0, 0.1) is 24.0 Å². The number of ether oxygens (including phenoxy) is 3.